The topological polar surface area (TPSA) is 30.7 Å². The lowest BCUT2D eigenvalue weighted by Gasteiger charge is -2.14. The summed E-state index contributed by atoms with van der Waals surface area (Å²) in [5.74, 6) is 0. The van der Waals surface area contributed by atoms with E-state index in [0.717, 1.165) is 55.4 Å². The lowest BCUT2D eigenvalue weighted by atomic mass is 9.97. The minimum atomic E-state index is 0.975. The van der Waals surface area contributed by atoms with E-state index in [2.05, 4.69) is 150 Å². The molecule has 0 saturated heterocycles. The van der Waals surface area contributed by atoms with E-state index >= 15 is 0 Å². The summed E-state index contributed by atoms with van der Waals surface area (Å²) in [5, 5.41) is 7.15. The smallest absolute Gasteiger partial charge is 0.0788 e. The quantitative estimate of drug-likeness (QED) is 0.206. The normalized spacial score (nSPS) is 11.7. The van der Waals surface area contributed by atoms with E-state index in [1.54, 1.807) is 0 Å². The van der Waals surface area contributed by atoms with Crippen LogP contribution in [0.1, 0.15) is 0 Å². The molecule has 200 valence electrons. The molecule has 9 rings (SSSR count). The van der Waals surface area contributed by atoms with Crippen molar-refractivity contribution in [2.75, 3.05) is 0 Å². The molecule has 0 bridgehead atoms. The zero-order chi connectivity index (χ0) is 28.3. The Balaban J connectivity index is 1.35. The molecule has 3 nitrogen and oxygen atoms in total. The SMILES string of the molecule is c1ccc(-c2nc3ccccc3c3c2ccc2c4ccccc4n(-c4ccc(-c5ccc6ccccc6n5)cc4)c23)cc1. The van der Waals surface area contributed by atoms with Crippen LogP contribution in [-0.2, 0) is 0 Å². The second-order valence-corrected chi connectivity index (χ2v) is 11.0. The van der Waals surface area contributed by atoms with Gasteiger partial charge in [-0.15, -0.1) is 0 Å². The Hall–Kier alpha value is -5.80. The van der Waals surface area contributed by atoms with Crippen molar-refractivity contribution in [3.63, 3.8) is 0 Å². The fraction of sp³-hybridized carbons (Fsp3) is 0. The third-order valence-corrected chi connectivity index (χ3v) is 8.56. The van der Waals surface area contributed by atoms with Crippen LogP contribution in [0.2, 0.25) is 0 Å². The van der Waals surface area contributed by atoms with Crippen molar-refractivity contribution in [1.82, 2.24) is 14.5 Å². The second-order valence-electron chi connectivity index (χ2n) is 11.0. The van der Waals surface area contributed by atoms with Gasteiger partial charge in [-0.3, -0.25) is 0 Å². The predicted octanol–water partition coefficient (Wildman–Crippen LogP) is 10.4. The average molecular weight is 548 g/mol. The number of hydrogen-bond donors (Lipinski definition) is 0. The summed E-state index contributed by atoms with van der Waals surface area (Å²) in [6.07, 6.45) is 0. The summed E-state index contributed by atoms with van der Waals surface area (Å²) in [5.41, 5.74) is 9.70. The molecule has 6 aromatic carbocycles. The highest BCUT2D eigenvalue weighted by atomic mass is 15.0. The molecular formula is C40H25N3. The van der Waals surface area contributed by atoms with E-state index < -0.39 is 0 Å². The molecule has 0 amide bonds. The summed E-state index contributed by atoms with van der Waals surface area (Å²) >= 11 is 0. The maximum atomic E-state index is 5.19. The summed E-state index contributed by atoms with van der Waals surface area (Å²) < 4.78 is 2.42. The zero-order valence-corrected chi connectivity index (χ0v) is 23.3. The first-order chi connectivity index (χ1) is 21.3. The Bertz CT molecular complexity index is 2490. The number of hydrogen-bond acceptors (Lipinski definition) is 2. The number of rotatable bonds is 3. The lowest BCUT2D eigenvalue weighted by Crippen LogP contribution is -1.97. The maximum absolute atomic E-state index is 5.19. The maximum Gasteiger partial charge on any atom is 0.0788 e. The number of benzene rings is 6. The van der Waals surface area contributed by atoms with Gasteiger partial charge in [-0.05, 0) is 36.4 Å². The highest BCUT2D eigenvalue weighted by Crippen LogP contribution is 2.42. The number of nitrogens with zero attached hydrogens (tertiary/aromatic N) is 3. The molecule has 3 heterocycles. The van der Waals surface area contributed by atoms with Crippen molar-refractivity contribution in [2.45, 2.75) is 0 Å². The van der Waals surface area contributed by atoms with E-state index in [1.165, 1.54) is 27.2 Å². The van der Waals surface area contributed by atoms with E-state index in [-0.39, 0.29) is 0 Å². The molecule has 0 atom stereocenters. The van der Waals surface area contributed by atoms with Crippen molar-refractivity contribution in [1.29, 1.82) is 0 Å². The van der Waals surface area contributed by atoms with Crippen molar-refractivity contribution in [3.8, 4) is 28.2 Å². The Morgan fingerprint density at radius 2 is 1.12 bits per heavy atom. The van der Waals surface area contributed by atoms with Crippen molar-refractivity contribution >= 4 is 54.4 Å². The van der Waals surface area contributed by atoms with Gasteiger partial charge < -0.3 is 4.57 Å². The third kappa shape index (κ3) is 3.68. The van der Waals surface area contributed by atoms with Gasteiger partial charge in [-0.1, -0.05) is 115 Å². The molecule has 0 spiro atoms. The van der Waals surface area contributed by atoms with Gasteiger partial charge in [-0.2, -0.15) is 0 Å². The standard InChI is InChI=1S/C40H25N3/c1-2-11-28(12-3-1)39-33-24-23-31-30-13-6-9-17-37(30)43(40(31)38(33)32-14-5-8-16-36(32)42-39)29-21-18-27(19-22-29)35-25-20-26-10-4-7-15-34(26)41-35/h1-25H. The van der Waals surface area contributed by atoms with Gasteiger partial charge in [0.05, 0.1) is 33.5 Å². The summed E-state index contributed by atoms with van der Waals surface area (Å²) in [6, 6.07) is 53.6. The van der Waals surface area contributed by atoms with Crippen LogP contribution in [0.4, 0.5) is 0 Å². The minimum absolute atomic E-state index is 0.975. The van der Waals surface area contributed by atoms with Crippen LogP contribution in [-0.4, -0.2) is 14.5 Å². The Kier molecular flexibility index (Phi) is 5.20. The van der Waals surface area contributed by atoms with Gasteiger partial charge in [0.15, 0.2) is 0 Å². The molecule has 0 unspecified atom stereocenters. The van der Waals surface area contributed by atoms with Gasteiger partial charge in [0.2, 0.25) is 0 Å². The summed E-state index contributed by atoms with van der Waals surface area (Å²) in [6.45, 7) is 0. The summed E-state index contributed by atoms with van der Waals surface area (Å²) in [7, 11) is 0. The molecule has 0 aliphatic rings. The lowest BCUT2D eigenvalue weighted by molar-refractivity contribution is 1.19. The zero-order valence-electron chi connectivity index (χ0n) is 23.3. The molecule has 0 fully saturated rings. The molecule has 43 heavy (non-hydrogen) atoms. The highest BCUT2D eigenvalue weighted by molar-refractivity contribution is 6.26. The molecule has 3 heteroatoms. The van der Waals surface area contributed by atoms with Crippen molar-refractivity contribution in [3.05, 3.63) is 152 Å². The monoisotopic (exact) mass is 547 g/mol. The van der Waals surface area contributed by atoms with E-state index in [0.29, 0.717) is 0 Å². The van der Waals surface area contributed by atoms with Crippen LogP contribution in [0.25, 0.3) is 82.6 Å². The van der Waals surface area contributed by atoms with E-state index in [1.807, 2.05) is 6.07 Å². The van der Waals surface area contributed by atoms with Crippen LogP contribution >= 0.6 is 0 Å². The number of pyridine rings is 2. The number of aromatic nitrogens is 3. The third-order valence-electron chi connectivity index (χ3n) is 8.56. The first-order valence-corrected chi connectivity index (χ1v) is 14.6. The van der Waals surface area contributed by atoms with Gasteiger partial charge in [0.1, 0.15) is 0 Å². The van der Waals surface area contributed by atoms with Gasteiger partial charge in [-0.25, -0.2) is 9.97 Å². The van der Waals surface area contributed by atoms with Crippen LogP contribution < -0.4 is 0 Å². The predicted molar refractivity (Wildman–Crippen MR) is 180 cm³/mol. The molecular weight excluding hydrogens is 522 g/mol. The Morgan fingerprint density at radius 1 is 0.419 bits per heavy atom. The minimum Gasteiger partial charge on any atom is -0.309 e. The molecule has 3 aromatic heterocycles. The van der Waals surface area contributed by atoms with Crippen molar-refractivity contribution < 1.29 is 0 Å². The van der Waals surface area contributed by atoms with Crippen LogP contribution in [0, 0.1) is 0 Å². The fourth-order valence-corrected chi connectivity index (χ4v) is 6.58. The number of para-hydroxylation sites is 3. The van der Waals surface area contributed by atoms with Gasteiger partial charge >= 0.3 is 0 Å². The molecule has 9 aromatic rings. The van der Waals surface area contributed by atoms with Gasteiger partial charge in [0, 0.05) is 49.1 Å². The van der Waals surface area contributed by atoms with Crippen molar-refractivity contribution in [2.24, 2.45) is 0 Å². The number of fused-ring (bicyclic) bond motifs is 8. The molecule has 0 aliphatic carbocycles. The largest absolute Gasteiger partial charge is 0.309 e. The Morgan fingerprint density at radius 3 is 1.98 bits per heavy atom. The Labute approximate surface area is 248 Å². The van der Waals surface area contributed by atoms with Gasteiger partial charge in [0.25, 0.3) is 0 Å². The average Bonchev–Trinajstić information content (AvgIpc) is 3.42. The molecule has 0 aliphatic heterocycles. The first-order valence-electron chi connectivity index (χ1n) is 14.6. The van der Waals surface area contributed by atoms with Crippen LogP contribution in [0.5, 0.6) is 0 Å². The van der Waals surface area contributed by atoms with E-state index in [9.17, 15) is 0 Å². The fourth-order valence-electron chi connectivity index (χ4n) is 6.58. The second kappa shape index (κ2) is 9.37. The summed E-state index contributed by atoms with van der Waals surface area (Å²) in [4.78, 5) is 10.1. The highest BCUT2D eigenvalue weighted by Gasteiger charge is 2.19. The van der Waals surface area contributed by atoms with Crippen LogP contribution in [0.3, 0.4) is 0 Å². The molecule has 0 radical (unpaired) electrons. The molecule has 0 saturated carbocycles. The van der Waals surface area contributed by atoms with E-state index in [4.69, 9.17) is 9.97 Å². The van der Waals surface area contributed by atoms with Crippen LogP contribution in [0.15, 0.2) is 152 Å². The molecule has 0 N–H and O–H groups in total. The first kappa shape index (κ1) is 23.9.